The minimum Gasteiger partial charge on any atom is -0.467 e. The van der Waals surface area contributed by atoms with Gasteiger partial charge >= 0.3 is 0 Å². The summed E-state index contributed by atoms with van der Waals surface area (Å²) in [6.07, 6.45) is 1.69. The first-order valence-corrected chi connectivity index (χ1v) is 3.59. The van der Waals surface area contributed by atoms with Crippen LogP contribution in [-0.2, 0) is 16.4 Å². The highest BCUT2D eigenvalue weighted by molar-refractivity contribution is 4.95. The van der Waals surface area contributed by atoms with Crippen LogP contribution in [0.1, 0.15) is 19.6 Å². The Labute approximate surface area is 65.8 Å². The van der Waals surface area contributed by atoms with Gasteiger partial charge in [0, 0.05) is 0 Å². The normalized spacial score (nSPS) is 10.8. The van der Waals surface area contributed by atoms with E-state index in [9.17, 15) is 0 Å². The van der Waals surface area contributed by atoms with Gasteiger partial charge in [-0.1, -0.05) is 0 Å². The highest BCUT2D eigenvalue weighted by atomic mass is 17.2. The van der Waals surface area contributed by atoms with Crippen LogP contribution in [0.15, 0.2) is 22.8 Å². The van der Waals surface area contributed by atoms with Crippen molar-refractivity contribution in [2.45, 2.75) is 26.6 Å². The molecular formula is C8H12O3. The molecule has 0 bridgehead atoms. The van der Waals surface area contributed by atoms with Gasteiger partial charge in [-0.05, 0) is 26.0 Å². The van der Waals surface area contributed by atoms with Crippen molar-refractivity contribution >= 4 is 0 Å². The Hall–Kier alpha value is -0.800. The maximum Gasteiger partial charge on any atom is 0.140 e. The lowest BCUT2D eigenvalue weighted by atomic mass is 10.5. The molecule has 0 radical (unpaired) electrons. The van der Waals surface area contributed by atoms with E-state index in [0.717, 1.165) is 5.76 Å². The van der Waals surface area contributed by atoms with Gasteiger partial charge in [0.15, 0.2) is 0 Å². The van der Waals surface area contributed by atoms with E-state index in [1.807, 2.05) is 26.0 Å². The molecule has 0 amide bonds. The molecule has 1 heterocycles. The van der Waals surface area contributed by atoms with E-state index in [0.29, 0.717) is 6.61 Å². The third-order valence-corrected chi connectivity index (χ3v) is 1.04. The van der Waals surface area contributed by atoms with E-state index in [1.54, 1.807) is 6.26 Å². The summed E-state index contributed by atoms with van der Waals surface area (Å²) >= 11 is 0. The summed E-state index contributed by atoms with van der Waals surface area (Å²) in [5.74, 6) is 0.769. The predicted octanol–water partition coefficient (Wildman–Crippen LogP) is 2.14. The lowest BCUT2D eigenvalue weighted by Gasteiger charge is -2.04. The fourth-order valence-electron chi connectivity index (χ4n) is 0.623. The highest BCUT2D eigenvalue weighted by Gasteiger charge is 1.97. The number of hydrogen-bond acceptors (Lipinski definition) is 3. The molecule has 0 N–H and O–H groups in total. The van der Waals surface area contributed by atoms with Crippen molar-refractivity contribution in [2.24, 2.45) is 0 Å². The molecule has 0 saturated carbocycles. The highest BCUT2D eigenvalue weighted by Crippen LogP contribution is 2.02. The van der Waals surface area contributed by atoms with Crippen LogP contribution in [-0.4, -0.2) is 6.10 Å². The minimum atomic E-state index is 0.0879. The second-order valence-corrected chi connectivity index (χ2v) is 2.49. The molecule has 0 atom stereocenters. The maximum absolute atomic E-state index is 5.01. The Morgan fingerprint density at radius 2 is 2.36 bits per heavy atom. The Morgan fingerprint density at radius 1 is 1.55 bits per heavy atom. The molecule has 1 rings (SSSR count). The van der Waals surface area contributed by atoms with Crippen LogP contribution in [0.5, 0.6) is 0 Å². The van der Waals surface area contributed by atoms with Crippen LogP contribution in [0.4, 0.5) is 0 Å². The van der Waals surface area contributed by atoms with Crippen LogP contribution in [0, 0.1) is 0 Å². The van der Waals surface area contributed by atoms with Crippen molar-refractivity contribution in [3.05, 3.63) is 24.2 Å². The molecule has 0 saturated heterocycles. The molecule has 0 aliphatic carbocycles. The molecule has 0 spiro atoms. The zero-order valence-corrected chi connectivity index (χ0v) is 6.74. The van der Waals surface area contributed by atoms with E-state index in [4.69, 9.17) is 14.2 Å². The first kappa shape index (κ1) is 8.30. The lowest BCUT2D eigenvalue weighted by molar-refractivity contribution is -0.327. The van der Waals surface area contributed by atoms with Crippen molar-refractivity contribution in [1.82, 2.24) is 0 Å². The van der Waals surface area contributed by atoms with E-state index >= 15 is 0 Å². The molecule has 1 aromatic rings. The zero-order valence-electron chi connectivity index (χ0n) is 6.74. The standard InChI is InChI=1S/C8H12O3/c1-7(2)11-10-6-8-4-3-5-9-8/h3-5,7H,6H2,1-2H3. The Balaban J connectivity index is 2.14. The Bertz CT molecular complexity index is 179. The summed E-state index contributed by atoms with van der Waals surface area (Å²) in [5, 5.41) is 0. The average Bonchev–Trinajstić information content (AvgIpc) is 2.39. The monoisotopic (exact) mass is 156 g/mol. The first-order chi connectivity index (χ1) is 5.29. The van der Waals surface area contributed by atoms with E-state index < -0.39 is 0 Å². The second-order valence-electron chi connectivity index (χ2n) is 2.49. The molecule has 1 aromatic heterocycles. The molecule has 0 aromatic carbocycles. The molecule has 11 heavy (non-hydrogen) atoms. The van der Waals surface area contributed by atoms with Gasteiger partial charge in [-0.25, -0.2) is 9.78 Å². The van der Waals surface area contributed by atoms with Crippen molar-refractivity contribution < 1.29 is 14.2 Å². The fraction of sp³-hybridized carbons (Fsp3) is 0.500. The number of furan rings is 1. The first-order valence-electron chi connectivity index (χ1n) is 3.59. The van der Waals surface area contributed by atoms with Crippen molar-refractivity contribution in [3.63, 3.8) is 0 Å². The second kappa shape index (κ2) is 4.16. The number of rotatable bonds is 4. The smallest absolute Gasteiger partial charge is 0.140 e. The summed E-state index contributed by atoms with van der Waals surface area (Å²) in [6.45, 7) is 4.18. The lowest BCUT2D eigenvalue weighted by Crippen LogP contribution is -2.02. The summed E-state index contributed by atoms with van der Waals surface area (Å²) < 4.78 is 5.01. The summed E-state index contributed by atoms with van der Waals surface area (Å²) in [5.41, 5.74) is 0. The SMILES string of the molecule is CC(C)OOCc1ccco1. The zero-order chi connectivity index (χ0) is 8.10. The van der Waals surface area contributed by atoms with Crippen molar-refractivity contribution in [2.75, 3.05) is 0 Å². The largest absolute Gasteiger partial charge is 0.467 e. The van der Waals surface area contributed by atoms with Crippen LogP contribution >= 0.6 is 0 Å². The van der Waals surface area contributed by atoms with Crippen LogP contribution < -0.4 is 0 Å². The molecule has 0 aliphatic heterocycles. The molecule has 3 nitrogen and oxygen atoms in total. The van der Waals surface area contributed by atoms with E-state index in [2.05, 4.69) is 0 Å². The quantitative estimate of drug-likeness (QED) is 0.494. The van der Waals surface area contributed by atoms with Gasteiger partial charge in [-0.15, -0.1) is 0 Å². The molecule has 0 fully saturated rings. The molecule has 62 valence electrons. The summed E-state index contributed by atoms with van der Waals surface area (Å²) in [6, 6.07) is 3.65. The van der Waals surface area contributed by atoms with Crippen LogP contribution in [0.2, 0.25) is 0 Å². The molecule has 3 heteroatoms. The van der Waals surface area contributed by atoms with Gasteiger partial charge in [0.2, 0.25) is 0 Å². The minimum absolute atomic E-state index is 0.0879. The number of hydrogen-bond donors (Lipinski definition) is 0. The van der Waals surface area contributed by atoms with E-state index in [-0.39, 0.29) is 6.10 Å². The van der Waals surface area contributed by atoms with Crippen molar-refractivity contribution in [1.29, 1.82) is 0 Å². The molecule has 0 unspecified atom stereocenters. The van der Waals surface area contributed by atoms with Gasteiger partial charge in [0.05, 0.1) is 12.4 Å². The Kier molecular flexibility index (Phi) is 3.14. The van der Waals surface area contributed by atoms with Gasteiger partial charge in [-0.2, -0.15) is 0 Å². The third-order valence-electron chi connectivity index (χ3n) is 1.04. The van der Waals surface area contributed by atoms with Crippen LogP contribution in [0.25, 0.3) is 0 Å². The topological polar surface area (TPSA) is 31.6 Å². The average molecular weight is 156 g/mol. The summed E-state index contributed by atoms with van der Waals surface area (Å²) in [7, 11) is 0. The third kappa shape index (κ3) is 3.20. The van der Waals surface area contributed by atoms with Gasteiger partial charge in [-0.3, -0.25) is 0 Å². The molecular weight excluding hydrogens is 144 g/mol. The van der Waals surface area contributed by atoms with Crippen LogP contribution in [0.3, 0.4) is 0 Å². The summed E-state index contributed by atoms with van der Waals surface area (Å²) in [4.78, 5) is 9.70. The molecule has 0 aliphatic rings. The van der Waals surface area contributed by atoms with Gasteiger partial charge < -0.3 is 4.42 Å². The van der Waals surface area contributed by atoms with E-state index in [1.165, 1.54) is 0 Å². The maximum atomic E-state index is 5.01. The fourth-order valence-corrected chi connectivity index (χ4v) is 0.623. The Morgan fingerprint density at radius 3 is 2.91 bits per heavy atom. The predicted molar refractivity (Wildman–Crippen MR) is 39.7 cm³/mol. The van der Waals surface area contributed by atoms with Gasteiger partial charge in [0.1, 0.15) is 12.4 Å². The van der Waals surface area contributed by atoms with Gasteiger partial charge in [0.25, 0.3) is 0 Å². The van der Waals surface area contributed by atoms with Crippen molar-refractivity contribution in [3.8, 4) is 0 Å².